The molecule has 0 spiro atoms. The van der Waals surface area contributed by atoms with Crippen LogP contribution in [0.25, 0.3) is 0 Å². The molecule has 0 radical (unpaired) electrons. The van der Waals surface area contributed by atoms with Crippen molar-refractivity contribution < 1.29 is 4.79 Å². The minimum absolute atomic E-state index is 0.208. The van der Waals surface area contributed by atoms with Crippen molar-refractivity contribution in [3.8, 4) is 0 Å². The Morgan fingerprint density at radius 1 is 1.33 bits per heavy atom. The van der Waals surface area contributed by atoms with Crippen LogP contribution in [0, 0.1) is 0 Å². The smallest absolute Gasteiger partial charge is 0.162 e. The van der Waals surface area contributed by atoms with E-state index in [0.29, 0.717) is 12.0 Å². The van der Waals surface area contributed by atoms with E-state index >= 15 is 0 Å². The van der Waals surface area contributed by atoms with Crippen molar-refractivity contribution in [2.24, 2.45) is 0 Å². The molecule has 1 saturated carbocycles. The molecule has 15 heavy (non-hydrogen) atoms. The molecular formula is C13H17NO. The van der Waals surface area contributed by atoms with Gasteiger partial charge in [-0.2, -0.15) is 0 Å². The number of hydrogen-bond donors (Lipinski definition) is 1. The Labute approximate surface area is 90.7 Å². The molecule has 1 aromatic carbocycles. The highest BCUT2D eigenvalue weighted by Crippen LogP contribution is 2.38. The van der Waals surface area contributed by atoms with E-state index in [1.807, 2.05) is 31.2 Å². The van der Waals surface area contributed by atoms with Crippen molar-refractivity contribution in [3.05, 3.63) is 29.8 Å². The molecule has 0 saturated heterocycles. The van der Waals surface area contributed by atoms with Crippen LogP contribution >= 0.6 is 0 Å². The molecule has 0 aromatic heterocycles. The summed E-state index contributed by atoms with van der Waals surface area (Å²) in [4.78, 5) is 11.4. The van der Waals surface area contributed by atoms with Gasteiger partial charge in [-0.3, -0.25) is 4.79 Å². The Morgan fingerprint density at radius 3 is 2.40 bits per heavy atom. The first-order valence-electron chi connectivity index (χ1n) is 5.54. The second-order valence-electron chi connectivity index (χ2n) is 4.54. The molecule has 2 heteroatoms. The lowest BCUT2D eigenvalue weighted by molar-refractivity contribution is 0.0988. The summed E-state index contributed by atoms with van der Waals surface area (Å²) in [5.41, 5.74) is 2.22. The largest absolute Gasteiger partial charge is 0.380 e. The first kappa shape index (κ1) is 10.2. The highest BCUT2D eigenvalue weighted by atomic mass is 16.1. The Morgan fingerprint density at radius 2 is 1.93 bits per heavy atom. The second-order valence-corrected chi connectivity index (χ2v) is 4.54. The van der Waals surface area contributed by atoms with E-state index in [2.05, 4.69) is 12.2 Å². The summed E-state index contributed by atoms with van der Waals surface area (Å²) in [5.74, 6) is 0.208. The minimum atomic E-state index is 0.208. The van der Waals surface area contributed by atoms with Crippen LogP contribution in [0.3, 0.4) is 0 Å². The number of rotatable bonds is 4. The van der Waals surface area contributed by atoms with Gasteiger partial charge in [0.25, 0.3) is 0 Å². The maximum absolute atomic E-state index is 11.4. The fraction of sp³-hybridized carbons (Fsp3) is 0.462. The van der Waals surface area contributed by atoms with Crippen LogP contribution < -0.4 is 5.32 Å². The van der Waals surface area contributed by atoms with Crippen LogP contribution in [-0.4, -0.2) is 11.3 Å². The van der Waals surface area contributed by atoms with Gasteiger partial charge in [-0.15, -0.1) is 0 Å². The first-order valence-corrected chi connectivity index (χ1v) is 5.54. The van der Waals surface area contributed by atoms with Crippen LogP contribution in [-0.2, 0) is 0 Å². The molecule has 0 atom stereocenters. The highest BCUT2D eigenvalue weighted by molar-refractivity contribution is 5.96. The normalized spacial score (nSPS) is 17.2. The SMILES string of the molecule is CCC(=O)c1ccc(NC2(C)CC2)cc1. The van der Waals surface area contributed by atoms with Gasteiger partial charge in [0.15, 0.2) is 5.78 Å². The van der Waals surface area contributed by atoms with Crippen molar-refractivity contribution in [3.63, 3.8) is 0 Å². The van der Waals surface area contributed by atoms with Gasteiger partial charge >= 0.3 is 0 Å². The van der Waals surface area contributed by atoms with Crippen molar-refractivity contribution in [2.45, 2.75) is 38.6 Å². The van der Waals surface area contributed by atoms with E-state index in [1.165, 1.54) is 12.8 Å². The van der Waals surface area contributed by atoms with Crippen LogP contribution in [0.4, 0.5) is 5.69 Å². The number of Topliss-reactive ketones (excluding diaryl/α,β-unsaturated/α-hetero) is 1. The van der Waals surface area contributed by atoms with E-state index in [0.717, 1.165) is 11.3 Å². The number of hydrogen-bond acceptors (Lipinski definition) is 2. The van der Waals surface area contributed by atoms with E-state index < -0.39 is 0 Å². The Bertz CT molecular complexity index is 363. The predicted octanol–water partition coefficient (Wildman–Crippen LogP) is 3.24. The summed E-state index contributed by atoms with van der Waals surface area (Å²) in [6.07, 6.45) is 3.05. The summed E-state index contributed by atoms with van der Waals surface area (Å²) < 4.78 is 0. The average Bonchev–Trinajstić information content (AvgIpc) is 2.96. The maximum atomic E-state index is 11.4. The van der Waals surface area contributed by atoms with Crippen molar-refractivity contribution in [1.82, 2.24) is 0 Å². The third-order valence-corrected chi connectivity index (χ3v) is 2.97. The van der Waals surface area contributed by atoms with Crippen molar-refractivity contribution in [1.29, 1.82) is 0 Å². The molecule has 80 valence electrons. The number of carbonyl (C=O) groups is 1. The van der Waals surface area contributed by atoms with Crippen LogP contribution in [0.1, 0.15) is 43.5 Å². The first-order chi connectivity index (χ1) is 7.13. The standard InChI is InChI=1S/C13H17NO/c1-3-12(15)10-4-6-11(7-5-10)14-13(2)8-9-13/h4-7,14H,3,8-9H2,1-2H3. The lowest BCUT2D eigenvalue weighted by atomic mass is 10.1. The maximum Gasteiger partial charge on any atom is 0.162 e. The minimum Gasteiger partial charge on any atom is -0.380 e. The third-order valence-electron chi connectivity index (χ3n) is 2.97. The van der Waals surface area contributed by atoms with Crippen LogP contribution in [0.5, 0.6) is 0 Å². The van der Waals surface area contributed by atoms with E-state index in [-0.39, 0.29) is 5.78 Å². The number of nitrogens with one attached hydrogen (secondary N) is 1. The van der Waals surface area contributed by atoms with Gasteiger partial charge in [0.2, 0.25) is 0 Å². The fourth-order valence-corrected chi connectivity index (χ4v) is 1.60. The molecule has 1 aliphatic carbocycles. The molecule has 1 aliphatic rings. The zero-order valence-electron chi connectivity index (χ0n) is 9.34. The Hall–Kier alpha value is -1.31. The van der Waals surface area contributed by atoms with E-state index in [9.17, 15) is 4.79 Å². The zero-order valence-corrected chi connectivity index (χ0v) is 9.34. The van der Waals surface area contributed by atoms with Gasteiger partial charge in [0.1, 0.15) is 0 Å². The molecule has 2 nitrogen and oxygen atoms in total. The summed E-state index contributed by atoms with van der Waals surface area (Å²) in [6, 6.07) is 7.79. The number of carbonyl (C=O) groups excluding carboxylic acids is 1. The Kier molecular flexibility index (Phi) is 2.51. The summed E-state index contributed by atoms with van der Waals surface area (Å²) in [5, 5.41) is 3.47. The number of benzene rings is 1. The summed E-state index contributed by atoms with van der Waals surface area (Å²) >= 11 is 0. The monoisotopic (exact) mass is 203 g/mol. The molecule has 0 bridgehead atoms. The average molecular weight is 203 g/mol. The van der Waals surface area contributed by atoms with Gasteiger partial charge < -0.3 is 5.32 Å². The van der Waals surface area contributed by atoms with Crippen LogP contribution in [0.15, 0.2) is 24.3 Å². The fourth-order valence-electron chi connectivity index (χ4n) is 1.60. The van der Waals surface area contributed by atoms with Gasteiger partial charge in [0.05, 0.1) is 0 Å². The summed E-state index contributed by atoms with van der Waals surface area (Å²) in [6.45, 7) is 4.11. The molecule has 1 aromatic rings. The second kappa shape index (κ2) is 3.69. The number of anilines is 1. The summed E-state index contributed by atoms with van der Waals surface area (Å²) in [7, 11) is 0. The van der Waals surface area contributed by atoms with Gasteiger partial charge in [-0.25, -0.2) is 0 Å². The molecule has 2 rings (SSSR count). The molecule has 0 aliphatic heterocycles. The molecule has 1 N–H and O–H groups in total. The molecule has 1 fully saturated rings. The molecular weight excluding hydrogens is 186 g/mol. The lowest BCUT2D eigenvalue weighted by Gasteiger charge is -2.13. The van der Waals surface area contributed by atoms with Crippen molar-refractivity contribution in [2.75, 3.05) is 5.32 Å². The van der Waals surface area contributed by atoms with Gasteiger partial charge in [0, 0.05) is 23.2 Å². The van der Waals surface area contributed by atoms with E-state index in [4.69, 9.17) is 0 Å². The Balaban J connectivity index is 2.06. The number of ketones is 1. The zero-order chi connectivity index (χ0) is 10.9. The van der Waals surface area contributed by atoms with Gasteiger partial charge in [-0.1, -0.05) is 6.92 Å². The van der Waals surface area contributed by atoms with Crippen LogP contribution in [0.2, 0.25) is 0 Å². The molecule has 0 unspecified atom stereocenters. The van der Waals surface area contributed by atoms with E-state index in [1.54, 1.807) is 0 Å². The lowest BCUT2D eigenvalue weighted by Crippen LogP contribution is -2.15. The predicted molar refractivity (Wildman–Crippen MR) is 62.3 cm³/mol. The quantitative estimate of drug-likeness (QED) is 0.761. The highest BCUT2D eigenvalue weighted by Gasteiger charge is 2.36. The van der Waals surface area contributed by atoms with Gasteiger partial charge in [-0.05, 0) is 44.0 Å². The topological polar surface area (TPSA) is 29.1 Å². The molecule has 0 heterocycles. The third kappa shape index (κ3) is 2.38. The van der Waals surface area contributed by atoms with Crippen molar-refractivity contribution >= 4 is 11.5 Å². The molecule has 0 amide bonds.